The summed E-state index contributed by atoms with van der Waals surface area (Å²) in [4.78, 5) is 14.1. The lowest BCUT2D eigenvalue weighted by Gasteiger charge is -2.24. The highest BCUT2D eigenvalue weighted by atomic mass is 35.5. The minimum absolute atomic E-state index is 0.0101. The van der Waals surface area contributed by atoms with Crippen molar-refractivity contribution in [2.45, 2.75) is 64.9 Å². The van der Waals surface area contributed by atoms with Crippen molar-refractivity contribution in [2.24, 2.45) is 0 Å². The molecule has 0 radical (unpaired) electrons. The number of amides is 1. The lowest BCUT2D eigenvalue weighted by atomic mass is 9.81. The van der Waals surface area contributed by atoms with Crippen molar-refractivity contribution in [3.63, 3.8) is 0 Å². The molecule has 1 aliphatic carbocycles. The largest absolute Gasteiger partial charge is 0.489 e. The predicted octanol–water partition coefficient (Wildman–Crippen LogP) is 10.2. The molecule has 0 aromatic heterocycles. The molecule has 0 aliphatic heterocycles. The number of halogens is 2. The van der Waals surface area contributed by atoms with E-state index in [0.29, 0.717) is 28.8 Å². The first-order chi connectivity index (χ1) is 19.9. The van der Waals surface area contributed by atoms with E-state index < -0.39 is 0 Å². The van der Waals surface area contributed by atoms with Gasteiger partial charge in [0.05, 0.1) is 0 Å². The van der Waals surface area contributed by atoms with Gasteiger partial charge in [0.2, 0.25) is 5.91 Å². The highest BCUT2D eigenvalue weighted by Crippen LogP contribution is 2.39. The Hall–Kier alpha value is -3.63. The molecule has 0 heterocycles. The van der Waals surface area contributed by atoms with E-state index in [4.69, 9.17) is 16.3 Å². The molecule has 1 amide bonds. The molecule has 4 aromatic carbocycles. The van der Waals surface area contributed by atoms with E-state index in [0.717, 1.165) is 47.2 Å². The summed E-state index contributed by atoms with van der Waals surface area (Å²) >= 11 is 6.14. The summed E-state index contributed by atoms with van der Waals surface area (Å²) in [7, 11) is 0. The van der Waals surface area contributed by atoms with Gasteiger partial charge in [-0.15, -0.1) is 0 Å². The lowest BCUT2D eigenvalue weighted by molar-refractivity contribution is -0.116. The summed E-state index contributed by atoms with van der Waals surface area (Å²) in [5, 5.41) is 0.662. The molecule has 5 rings (SSSR count). The summed E-state index contributed by atoms with van der Waals surface area (Å²) in [6, 6.07) is 27.0. The van der Waals surface area contributed by atoms with Crippen LogP contribution in [0.2, 0.25) is 5.02 Å². The molecule has 0 saturated heterocycles. The van der Waals surface area contributed by atoms with Crippen LogP contribution in [0.1, 0.15) is 69.4 Å². The Morgan fingerprint density at radius 3 is 2.34 bits per heavy atom. The fraction of sp³-hybridized carbons (Fsp3) is 0.306. The van der Waals surface area contributed by atoms with E-state index >= 15 is 4.39 Å². The second-order valence-electron chi connectivity index (χ2n) is 10.9. The highest BCUT2D eigenvalue weighted by Gasteiger charge is 2.21. The fourth-order valence-corrected chi connectivity index (χ4v) is 6.07. The lowest BCUT2D eigenvalue weighted by Crippen LogP contribution is -2.29. The molecular formula is C36H37ClFNO2. The Balaban J connectivity index is 1.43. The van der Waals surface area contributed by atoms with Crippen molar-refractivity contribution in [1.29, 1.82) is 0 Å². The molecule has 212 valence electrons. The van der Waals surface area contributed by atoms with Crippen LogP contribution in [0.3, 0.4) is 0 Å². The van der Waals surface area contributed by atoms with Crippen molar-refractivity contribution < 1.29 is 13.9 Å². The second kappa shape index (κ2) is 13.4. The third kappa shape index (κ3) is 6.82. The third-order valence-corrected chi connectivity index (χ3v) is 8.27. The average Bonchev–Trinajstić information content (AvgIpc) is 2.99. The third-order valence-electron chi connectivity index (χ3n) is 8.01. The van der Waals surface area contributed by atoms with Crippen LogP contribution in [-0.2, 0) is 11.4 Å². The number of ether oxygens (including phenoxy) is 1. The normalized spacial score (nSPS) is 13.7. The van der Waals surface area contributed by atoms with Crippen molar-refractivity contribution in [2.75, 3.05) is 11.4 Å². The Morgan fingerprint density at radius 1 is 0.902 bits per heavy atom. The van der Waals surface area contributed by atoms with Gasteiger partial charge >= 0.3 is 0 Å². The number of anilines is 1. The molecule has 0 spiro atoms. The van der Waals surface area contributed by atoms with Crippen LogP contribution < -0.4 is 9.64 Å². The van der Waals surface area contributed by atoms with Gasteiger partial charge in [0, 0.05) is 35.8 Å². The van der Waals surface area contributed by atoms with E-state index in [-0.39, 0.29) is 18.3 Å². The van der Waals surface area contributed by atoms with Crippen molar-refractivity contribution in [1.82, 2.24) is 0 Å². The number of carbonyl (C=O) groups is 1. The van der Waals surface area contributed by atoms with Gasteiger partial charge in [-0.1, -0.05) is 80.3 Å². The number of hydrogen-bond donors (Lipinski definition) is 0. The maximum atomic E-state index is 15.6. The van der Waals surface area contributed by atoms with E-state index in [1.54, 1.807) is 11.8 Å². The predicted molar refractivity (Wildman–Crippen MR) is 167 cm³/mol. The summed E-state index contributed by atoms with van der Waals surface area (Å²) in [6.45, 7) is 4.48. The zero-order chi connectivity index (χ0) is 28.8. The Labute approximate surface area is 247 Å². The maximum absolute atomic E-state index is 15.6. The van der Waals surface area contributed by atoms with Crippen LogP contribution >= 0.6 is 11.6 Å². The summed E-state index contributed by atoms with van der Waals surface area (Å²) < 4.78 is 21.8. The Kier molecular flexibility index (Phi) is 9.41. The fourth-order valence-electron chi connectivity index (χ4n) is 5.95. The van der Waals surface area contributed by atoms with Crippen LogP contribution in [0.15, 0.2) is 84.9 Å². The van der Waals surface area contributed by atoms with Gasteiger partial charge in [0.1, 0.15) is 18.2 Å². The van der Waals surface area contributed by atoms with Crippen molar-refractivity contribution in [3.05, 3.63) is 107 Å². The number of carbonyl (C=O) groups excluding carboxylic acids is 1. The Morgan fingerprint density at radius 2 is 1.63 bits per heavy atom. The minimum atomic E-state index is -0.289. The van der Waals surface area contributed by atoms with Gasteiger partial charge in [-0.3, -0.25) is 4.79 Å². The van der Waals surface area contributed by atoms with E-state index in [2.05, 4.69) is 12.1 Å². The number of hydrogen-bond acceptors (Lipinski definition) is 2. The van der Waals surface area contributed by atoms with E-state index in [1.807, 2.05) is 73.7 Å². The van der Waals surface area contributed by atoms with Crippen LogP contribution in [0.4, 0.5) is 10.1 Å². The summed E-state index contributed by atoms with van der Waals surface area (Å²) in [5.41, 5.74) is 6.51. The molecule has 0 N–H and O–H groups in total. The number of rotatable bonds is 9. The molecule has 3 nitrogen and oxygen atoms in total. The SMILES string of the molecule is CCCN(C(C)=O)c1ccc(-c2ccc(Cl)cc2)c(COc2ccc(-c3ccccc3C3CCCCC3)c(F)c2)c1. The van der Waals surface area contributed by atoms with Gasteiger partial charge in [-0.05, 0) is 89.4 Å². The first-order valence-corrected chi connectivity index (χ1v) is 15.0. The standard InChI is InChI=1S/C36H37ClFNO2/c1-3-21-39(25(2)40)30-17-19-32(27-13-15-29(37)16-14-27)28(22-30)24-41-31-18-20-35(36(38)23-31)34-12-8-7-11-33(34)26-9-5-4-6-10-26/h7-8,11-20,22-23,26H,3-6,9-10,21,24H2,1-2H3. The maximum Gasteiger partial charge on any atom is 0.223 e. The Bertz CT molecular complexity index is 1490. The van der Waals surface area contributed by atoms with Crippen LogP contribution in [-0.4, -0.2) is 12.5 Å². The van der Waals surface area contributed by atoms with Gasteiger partial charge in [-0.2, -0.15) is 0 Å². The molecule has 1 aliphatic rings. The molecule has 1 fully saturated rings. The van der Waals surface area contributed by atoms with Crippen LogP contribution in [0.5, 0.6) is 5.75 Å². The molecule has 4 aromatic rings. The number of nitrogens with zero attached hydrogens (tertiary/aromatic N) is 1. The van der Waals surface area contributed by atoms with Gasteiger partial charge in [-0.25, -0.2) is 4.39 Å². The van der Waals surface area contributed by atoms with Crippen molar-refractivity contribution in [3.8, 4) is 28.0 Å². The molecule has 1 saturated carbocycles. The zero-order valence-corrected chi connectivity index (χ0v) is 24.6. The molecule has 0 bridgehead atoms. The first-order valence-electron chi connectivity index (χ1n) is 14.6. The zero-order valence-electron chi connectivity index (χ0n) is 23.8. The van der Waals surface area contributed by atoms with Gasteiger partial charge in [0.25, 0.3) is 0 Å². The molecule has 0 atom stereocenters. The van der Waals surface area contributed by atoms with Crippen LogP contribution in [0.25, 0.3) is 22.3 Å². The smallest absolute Gasteiger partial charge is 0.223 e. The highest BCUT2D eigenvalue weighted by molar-refractivity contribution is 6.30. The van der Waals surface area contributed by atoms with E-state index in [9.17, 15) is 4.79 Å². The quantitative estimate of drug-likeness (QED) is 0.201. The molecular weight excluding hydrogens is 533 g/mol. The van der Waals surface area contributed by atoms with Crippen molar-refractivity contribution >= 4 is 23.2 Å². The average molecular weight is 570 g/mol. The minimum Gasteiger partial charge on any atom is -0.489 e. The summed E-state index contributed by atoms with van der Waals surface area (Å²) in [6.07, 6.45) is 6.92. The number of benzene rings is 4. The first kappa shape index (κ1) is 28.9. The van der Waals surface area contributed by atoms with E-state index in [1.165, 1.54) is 30.9 Å². The van der Waals surface area contributed by atoms with Crippen LogP contribution in [0, 0.1) is 5.82 Å². The molecule has 41 heavy (non-hydrogen) atoms. The van der Waals surface area contributed by atoms with Gasteiger partial charge in [0.15, 0.2) is 0 Å². The monoisotopic (exact) mass is 569 g/mol. The molecule has 5 heteroatoms. The second-order valence-corrected chi connectivity index (χ2v) is 11.3. The van der Waals surface area contributed by atoms with Gasteiger partial charge < -0.3 is 9.64 Å². The topological polar surface area (TPSA) is 29.5 Å². The summed E-state index contributed by atoms with van der Waals surface area (Å²) in [5.74, 6) is 0.647. The molecule has 0 unspecified atom stereocenters.